The van der Waals surface area contributed by atoms with Gasteiger partial charge in [0, 0.05) is 43.3 Å². The number of hydrogen-bond donors (Lipinski definition) is 1. The fourth-order valence-electron chi connectivity index (χ4n) is 4.05. The van der Waals surface area contributed by atoms with Gasteiger partial charge in [-0.1, -0.05) is 11.8 Å². The van der Waals surface area contributed by atoms with Crippen molar-refractivity contribution in [2.45, 2.75) is 64.4 Å². The Labute approximate surface area is 168 Å². The third-order valence-electron chi connectivity index (χ3n) is 5.36. The first-order valence-electron chi connectivity index (χ1n) is 10.3. The summed E-state index contributed by atoms with van der Waals surface area (Å²) in [6.07, 6.45) is 2.59. The molecule has 2 saturated heterocycles. The number of aliphatic hydroxyl groups is 1. The largest absolute Gasteiger partial charge is 0.378 e. The molecule has 0 radical (unpaired) electrons. The summed E-state index contributed by atoms with van der Waals surface area (Å²) < 4.78 is 5.84. The van der Waals surface area contributed by atoms with Crippen LogP contribution >= 0.6 is 0 Å². The van der Waals surface area contributed by atoms with E-state index in [1.54, 1.807) is 13.8 Å². The second-order valence-corrected chi connectivity index (χ2v) is 8.62. The zero-order chi connectivity index (χ0) is 20.3. The summed E-state index contributed by atoms with van der Waals surface area (Å²) in [5.74, 6) is 5.82. The SMILES string of the molecule is C[C@@H]1CN(C2CCN(C(=O)c3ccc(C#CC(C)(C)O)cc3)CC2)C[C@H](C)O1. The smallest absolute Gasteiger partial charge is 0.253 e. The van der Waals surface area contributed by atoms with Gasteiger partial charge in [0.25, 0.3) is 5.91 Å². The van der Waals surface area contributed by atoms with Gasteiger partial charge in [0.1, 0.15) is 5.60 Å². The van der Waals surface area contributed by atoms with Gasteiger partial charge in [0.15, 0.2) is 0 Å². The van der Waals surface area contributed by atoms with Crippen LogP contribution in [0, 0.1) is 11.8 Å². The maximum absolute atomic E-state index is 12.8. The van der Waals surface area contributed by atoms with E-state index in [0.717, 1.165) is 44.6 Å². The molecule has 2 aliphatic rings. The highest BCUT2D eigenvalue weighted by molar-refractivity contribution is 5.94. The summed E-state index contributed by atoms with van der Waals surface area (Å²) in [5, 5.41) is 9.69. The number of benzene rings is 1. The molecule has 1 aromatic carbocycles. The van der Waals surface area contributed by atoms with E-state index in [0.29, 0.717) is 11.6 Å². The van der Waals surface area contributed by atoms with E-state index in [9.17, 15) is 9.90 Å². The lowest BCUT2D eigenvalue weighted by Crippen LogP contribution is -2.53. The third kappa shape index (κ3) is 5.57. The van der Waals surface area contributed by atoms with Gasteiger partial charge in [-0.15, -0.1) is 0 Å². The molecule has 0 unspecified atom stereocenters. The summed E-state index contributed by atoms with van der Waals surface area (Å²) in [6, 6.07) is 7.88. The number of morpholine rings is 1. The van der Waals surface area contributed by atoms with Crippen LogP contribution in [0.3, 0.4) is 0 Å². The van der Waals surface area contributed by atoms with Gasteiger partial charge in [-0.2, -0.15) is 0 Å². The van der Waals surface area contributed by atoms with E-state index in [4.69, 9.17) is 4.74 Å². The Hall–Kier alpha value is -1.87. The van der Waals surface area contributed by atoms with Crippen molar-refractivity contribution in [3.8, 4) is 11.8 Å². The molecule has 0 saturated carbocycles. The van der Waals surface area contributed by atoms with Gasteiger partial charge in [-0.05, 0) is 64.8 Å². The molecule has 0 spiro atoms. The molecule has 3 rings (SSSR count). The highest BCUT2D eigenvalue weighted by Crippen LogP contribution is 2.22. The standard InChI is InChI=1S/C23H32N2O3/c1-17-15-25(16-18(2)28-17)21-10-13-24(14-11-21)22(26)20-7-5-19(6-8-20)9-12-23(3,4)27/h5-8,17-18,21,27H,10-11,13-16H2,1-4H3/t17-,18+. The second kappa shape index (κ2) is 8.65. The molecule has 1 aromatic rings. The topological polar surface area (TPSA) is 53.0 Å². The van der Waals surface area contributed by atoms with Crippen LogP contribution in [0.2, 0.25) is 0 Å². The Morgan fingerprint density at radius 3 is 2.21 bits per heavy atom. The van der Waals surface area contributed by atoms with Crippen molar-refractivity contribution in [3.05, 3.63) is 35.4 Å². The maximum atomic E-state index is 12.8. The van der Waals surface area contributed by atoms with Crippen LogP contribution in [0.25, 0.3) is 0 Å². The number of rotatable bonds is 2. The normalized spacial score (nSPS) is 24.5. The number of piperidine rings is 1. The predicted octanol–water partition coefficient (Wildman–Crippen LogP) is 2.52. The summed E-state index contributed by atoms with van der Waals surface area (Å²) >= 11 is 0. The molecule has 2 aliphatic heterocycles. The van der Waals surface area contributed by atoms with Crippen molar-refractivity contribution in [3.63, 3.8) is 0 Å². The van der Waals surface area contributed by atoms with Crippen molar-refractivity contribution < 1.29 is 14.6 Å². The van der Waals surface area contributed by atoms with Crippen molar-refractivity contribution in [1.82, 2.24) is 9.80 Å². The van der Waals surface area contributed by atoms with E-state index in [-0.39, 0.29) is 18.1 Å². The molecule has 0 aliphatic carbocycles. The molecule has 5 heteroatoms. The van der Waals surface area contributed by atoms with Crippen LogP contribution in [-0.2, 0) is 4.74 Å². The van der Waals surface area contributed by atoms with E-state index in [1.807, 2.05) is 29.2 Å². The Bertz CT molecular complexity index is 724. The number of likely N-dealkylation sites (tertiary alicyclic amines) is 1. The minimum absolute atomic E-state index is 0.0872. The van der Waals surface area contributed by atoms with Crippen molar-refractivity contribution in [1.29, 1.82) is 0 Å². The number of carbonyl (C=O) groups is 1. The molecule has 2 heterocycles. The van der Waals surface area contributed by atoms with Gasteiger partial charge in [-0.3, -0.25) is 9.69 Å². The number of hydrogen-bond acceptors (Lipinski definition) is 4. The van der Waals surface area contributed by atoms with Crippen LogP contribution in [0.1, 0.15) is 56.5 Å². The number of ether oxygens (including phenoxy) is 1. The summed E-state index contributed by atoms with van der Waals surface area (Å²) in [4.78, 5) is 17.3. The first-order chi connectivity index (χ1) is 13.2. The van der Waals surface area contributed by atoms with Crippen LogP contribution in [0.4, 0.5) is 0 Å². The molecule has 0 aromatic heterocycles. The van der Waals surface area contributed by atoms with Crippen molar-refractivity contribution in [2.24, 2.45) is 0 Å². The fourth-order valence-corrected chi connectivity index (χ4v) is 4.05. The Balaban J connectivity index is 1.55. The molecule has 2 atom stereocenters. The van der Waals surface area contributed by atoms with Crippen LogP contribution in [0.5, 0.6) is 0 Å². The van der Waals surface area contributed by atoms with E-state index < -0.39 is 5.60 Å². The van der Waals surface area contributed by atoms with Gasteiger partial charge >= 0.3 is 0 Å². The molecule has 5 nitrogen and oxygen atoms in total. The van der Waals surface area contributed by atoms with Gasteiger partial charge < -0.3 is 14.7 Å². The molecule has 1 N–H and O–H groups in total. The highest BCUT2D eigenvalue weighted by atomic mass is 16.5. The zero-order valence-corrected chi connectivity index (χ0v) is 17.4. The van der Waals surface area contributed by atoms with E-state index >= 15 is 0 Å². The lowest BCUT2D eigenvalue weighted by molar-refractivity contribution is -0.0856. The number of carbonyl (C=O) groups excluding carboxylic acids is 1. The Morgan fingerprint density at radius 1 is 1.11 bits per heavy atom. The quantitative estimate of drug-likeness (QED) is 0.796. The molecule has 28 heavy (non-hydrogen) atoms. The van der Waals surface area contributed by atoms with Crippen LogP contribution < -0.4 is 0 Å². The summed E-state index contributed by atoms with van der Waals surface area (Å²) in [5.41, 5.74) is 0.475. The average molecular weight is 385 g/mol. The third-order valence-corrected chi connectivity index (χ3v) is 5.36. The van der Waals surface area contributed by atoms with Gasteiger partial charge in [0.2, 0.25) is 0 Å². The maximum Gasteiger partial charge on any atom is 0.253 e. The highest BCUT2D eigenvalue weighted by Gasteiger charge is 2.31. The fraction of sp³-hybridized carbons (Fsp3) is 0.609. The monoisotopic (exact) mass is 384 g/mol. The summed E-state index contributed by atoms with van der Waals surface area (Å²) in [6.45, 7) is 11.1. The minimum atomic E-state index is -1.02. The predicted molar refractivity (Wildman–Crippen MR) is 110 cm³/mol. The molecule has 152 valence electrons. The van der Waals surface area contributed by atoms with Crippen LogP contribution in [0.15, 0.2) is 24.3 Å². The van der Waals surface area contributed by atoms with Gasteiger partial charge in [0.05, 0.1) is 12.2 Å². The lowest BCUT2D eigenvalue weighted by Gasteiger charge is -2.43. The molecule has 0 bridgehead atoms. The Morgan fingerprint density at radius 2 is 1.68 bits per heavy atom. The van der Waals surface area contributed by atoms with E-state index in [1.165, 1.54) is 0 Å². The molecular weight excluding hydrogens is 352 g/mol. The van der Waals surface area contributed by atoms with Crippen molar-refractivity contribution in [2.75, 3.05) is 26.2 Å². The van der Waals surface area contributed by atoms with E-state index in [2.05, 4.69) is 30.6 Å². The first kappa shape index (κ1) is 20.9. The second-order valence-electron chi connectivity index (χ2n) is 8.62. The first-order valence-corrected chi connectivity index (χ1v) is 10.3. The zero-order valence-electron chi connectivity index (χ0n) is 17.4. The average Bonchev–Trinajstić information content (AvgIpc) is 2.65. The molecule has 1 amide bonds. The molecular formula is C23H32N2O3. The van der Waals surface area contributed by atoms with Crippen molar-refractivity contribution >= 4 is 5.91 Å². The lowest BCUT2D eigenvalue weighted by atomic mass is 10.00. The van der Waals surface area contributed by atoms with Crippen LogP contribution in [-0.4, -0.2) is 70.8 Å². The number of amides is 1. The number of nitrogens with zero attached hydrogens (tertiary/aromatic N) is 2. The molecule has 2 fully saturated rings. The summed E-state index contributed by atoms with van der Waals surface area (Å²) in [7, 11) is 0. The minimum Gasteiger partial charge on any atom is -0.378 e. The Kier molecular flexibility index (Phi) is 6.44. The van der Waals surface area contributed by atoms with Gasteiger partial charge in [-0.25, -0.2) is 0 Å².